The monoisotopic (exact) mass is 373 g/mol. The Morgan fingerprint density at radius 3 is 1.89 bits per heavy atom. The predicted octanol–water partition coefficient (Wildman–Crippen LogP) is 4.91. The van der Waals surface area contributed by atoms with E-state index in [1.165, 1.54) is 0 Å². The molecule has 3 nitrogen and oxygen atoms in total. The van der Waals surface area contributed by atoms with Gasteiger partial charge in [-0.2, -0.15) is 4.72 Å². The normalized spacial score (nSPS) is 12.7. The first kappa shape index (κ1) is 17.5. The van der Waals surface area contributed by atoms with Crippen LogP contribution >= 0.6 is 0 Å². The SMILES string of the molecule is O=S(=O)(NC(c1ccccc1)c1ccc2ccccc2c1)c1ccccc1. The van der Waals surface area contributed by atoms with Gasteiger partial charge in [0.2, 0.25) is 10.0 Å². The molecular weight excluding hydrogens is 354 g/mol. The molecule has 4 aromatic carbocycles. The first-order chi connectivity index (χ1) is 13.1. The quantitative estimate of drug-likeness (QED) is 0.540. The lowest BCUT2D eigenvalue weighted by atomic mass is 9.97. The molecule has 0 radical (unpaired) electrons. The summed E-state index contributed by atoms with van der Waals surface area (Å²) in [7, 11) is -3.66. The van der Waals surface area contributed by atoms with Crippen molar-refractivity contribution in [1.29, 1.82) is 0 Å². The van der Waals surface area contributed by atoms with Gasteiger partial charge in [-0.25, -0.2) is 8.42 Å². The zero-order valence-electron chi connectivity index (χ0n) is 14.6. The summed E-state index contributed by atoms with van der Waals surface area (Å²) in [5.41, 5.74) is 1.80. The maximum absolute atomic E-state index is 12.9. The molecule has 1 N–H and O–H groups in total. The summed E-state index contributed by atoms with van der Waals surface area (Å²) in [6, 6.07) is 31.7. The van der Waals surface area contributed by atoms with Gasteiger partial charge < -0.3 is 0 Å². The standard InChI is InChI=1S/C23H19NO2S/c25-27(26,22-13-5-2-6-14-22)24-23(19-10-3-1-4-11-19)21-16-15-18-9-7-8-12-20(18)17-21/h1-17,23-24H. The predicted molar refractivity (Wildman–Crippen MR) is 109 cm³/mol. The molecule has 0 saturated heterocycles. The molecule has 0 aliphatic carbocycles. The van der Waals surface area contributed by atoms with Crippen LogP contribution in [0.3, 0.4) is 0 Å². The van der Waals surface area contributed by atoms with Crippen molar-refractivity contribution in [1.82, 2.24) is 4.72 Å². The zero-order valence-corrected chi connectivity index (χ0v) is 15.4. The van der Waals surface area contributed by atoms with Crippen molar-refractivity contribution in [3.8, 4) is 0 Å². The van der Waals surface area contributed by atoms with Gasteiger partial charge >= 0.3 is 0 Å². The highest BCUT2D eigenvalue weighted by Crippen LogP contribution is 2.27. The van der Waals surface area contributed by atoms with E-state index in [9.17, 15) is 8.42 Å². The summed E-state index contributed by atoms with van der Waals surface area (Å²) in [6.07, 6.45) is 0. The van der Waals surface area contributed by atoms with E-state index in [0.717, 1.165) is 21.9 Å². The van der Waals surface area contributed by atoms with Crippen LogP contribution in [0.2, 0.25) is 0 Å². The number of hydrogen-bond donors (Lipinski definition) is 1. The van der Waals surface area contributed by atoms with Crippen molar-refractivity contribution in [3.63, 3.8) is 0 Å². The van der Waals surface area contributed by atoms with Crippen molar-refractivity contribution in [2.24, 2.45) is 0 Å². The summed E-state index contributed by atoms with van der Waals surface area (Å²) in [6.45, 7) is 0. The van der Waals surface area contributed by atoms with Gasteiger partial charge in [-0.3, -0.25) is 0 Å². The Bertz CT molecular complexity index is 1160. The molecule has 134 valence electrons. The molecule has 0 aliphatic rings. The molecule has 0 spiro atoms. The van der Waals surface area contributed by atoms with Gasteiger partial charge in [0.25, 0.3) is 0 Å². The highest BCUT2D eigenvalue weighted by molar-refractivity contribution is 7.89. The fourth-order valence-corrected chi connectivity index (χ4v) is 4.42. The molecule has 0 aromatic heterocycles. The van der Waals surface area contributed by atoms with E-state index >= 15 is 0 Å². The van der Waals surface area contributed by atoms with Gasteiger partial charge in [-0.05, 0) is 40.1 Å². The van der Waals surface area contributed by atoms with Crippen LogP contribution in [-0.2, 0) is 10.0 Å². The summed E-state index contributed by atoms with van der Waals surface area (Å²) < 4.78 is 28.8. The Morgan fingerprint density at radius 2 is 1.19 bits per heavy atom. The second-order valence-corrected chi connectivity index (χ2v) is 8.10. The maximum Gasteiger partial charge on any atom is 0.241 e. The first-order valence-corrected chi connectivity index (χ1v) is 10.2. The number of rotatable bonds is 5. The Kier molecular flexibility index (Phi) is 4.75. The van der Waals surface area contributed by atoms with Crippen molar-refractivity contribution in [2.45, 2.75) is 10.9 Å². The molecule has 27 heavy (non-hydrogen) atoms. The second-order valence-electron chi connectivity index (χ2n) is 6.38. The lowest BCUT2D eigenvalue weighted by molar-refractivity contribution is 0.572. The van der Waals surface area contributed by atoms with Crippen molar-refractivity contribution in [3.05, 3.63) is 114 Å². The third kappa shape index (κ3) is 3.77. The molecule has 0 bridgehead atoms. The fourth-order valence-electron chi connectivity index (χ4n) is 3.18. The van der Waals surface area contributed by atoms with E-state index in [1.807, 2.05) is 72.8 Å². The molecule has 0 saturated carbocycles. The van der Waals surface area contributed by atoms with E-state index < -0.39 is 16.1 Å². The van der Waals surface area contributed by atoms with Crippen LogP contribution in [0, 0.1) is 0 Å². The van der Waals surface area contributed by atoms with E-state index in [4.69, 9.17) is 0 Å². The molecule has 0 heterocycles. The number of benzene rings is 4. The topological polar surface area (TPSA) is 46.2 Å². The van der Waals surface area contributed by atoms with Crippen LogP contribution in [0.15, 0.2) is 108 Å². The van der Waals surface area contributed by atoms with Crippen LogP contribution in [0.25, 0.3) is 10.8 Å². The van der Waals surface area contributed by atoms with Crippen molar-refractivity contribution in [2.75, 3.05) is 0 Å². The van der Waals surface area contributed by atoms with Crippen LogP contribution in [0.4, 0.5) is 0 Å². The molecule has 1 atom stereocenters. The molecule has 0 fully saturated rings. The van der Waals surface area contributed by atoms with Crippen LogP contribution in [0.5, 0.6) is 0 Å². The summed E-state index contributed by atoms with van der Waals surface area (Å²) in [5.74, 6) is 0. The largest absolute Gasteiger partial charge is 0.241 e. The minimum atomic E-state index is -3.66. The average Bonchev–Trinajstić information content (AvgIpc) is 2.73. The number of fused-ring (bicyclic) bond motifs is 1. The van der Waals surface area contributed by atoms with Gasteiger partial charge in [-0.1, -0.05) is 84.9 Å². The first-order valence-electron chi connectivity index (χ1n) is 8.74. The lowest BCUT2D eigenvalue weighted by Gasteiger charge is -2.20. The van der Waals surface area contributed by atoms with E-state index in [-0.39, 0.29) is 4.90 Å². The molecule has 4 aromatic rings. The molecule has 1 unspecified atom stereocenters. The van der Waals surface area contributed by atoms with Crippen molar-refractivity contribution < 1.29 is 8.42 Å². The van der Waals surface area contributed by atoms with E-state index in [2.05, 4.69) is 4.72 Å². The van der Waals surface area contributed by atoms with Gasteiger partial charge in [-0.15, -0.1) is 0 Å². The smallest absolute Gasteiger partial charge is 0.207 e. The third-order valence-electron chi connectivity index (χ3n) is 4.57. The highest BCUT2D eigenvalue weighted by Gasteiger charge is 2.22. The Hall–Kier alpha value is -2.95. The van der Waals surface area contributed by atoms with Crippen molar-refractivity contribution >= 4 is 20.8 Å². The maximum atomic E-state index is 12.9. The number of sulfonamides is 1. The summed E-state index contributed by atoms with van der Waals surface area (Å²) in [4.78, 5) is 0.256. The minimum Gasteiger partial charge on any atom is -0.207 e. The zero-order chi connectivity index (χ0) is 18.7. The van der Waals surface area contributed by atoms with E-state index in [0.29, 0.717) is 0 Å². The number of nitrogens with one attached hydrogen (secondary N) is 1. The Morgan fingerprint density at radius 1 is 0.593 bits per heavy atom. The van der Waals surface area contributed by atoms with Crippen LogP contribution < -0.4 is 4.72 Å². The van der Waals surface area contributed by atoms with Gasteiger partial charge in [0.15, 0.2) is 0 Å². The lowest BCUT2D eigenvalue weighted by Crippen LogP contribution is -2.29. The second kappa shape index (κ2) is 7.35. The fraction of sp³-hybridized carbons (Fsp3) is 0.0435. The molecule has 0 amide bonds. The van der Waals surface area contributed by atoms with Crippen LogP contribution in [0.1, 0.15) is 17.2 Å². The van der Waals surface area contributed by atoms with Gasteiger partial charge in [0.05, 0.1) is 10.9 Å². The molecular formula is C23H19NO2S. The van der Waals surface area contributed by atoms with Crippen LogP contribution in [-0.4, -0.2) is 8.42 Å². The molecule has 0 aliphatic heterocycles. The number of hydrogen-bond acceptors (Lipinski definition) is 2. The van der Waals surface area contributed by atoms with E-state index in [1.54, 1.807) is 30.3 Å². The summed E-state index contributed by atoms with van der Waals surface area (Å²) >= 11 is 0. The van der Waals surface area contributed by atoms with Gasteiger partial charge in [0, 0.05) is 0 Å². The summed E-state index contributed by atoms with van der Waals surface area (Å²) in [5, 5.41) is 2.20. The Labute approximate surface area is 159 Å². The van der Waals surface area contributed by atoms with Gasteiger partial charge in [0.1, 0.15) is 0 Å². The molecule has 4 rings (SSSR count). The molecule has 4 heteroatoms. The minimum absolute atomic E-state index is 0.256. The third-order valence-corrected chi connectivity index (χ3v) is 6.01. The highest BCUT2D eigenvalue weighted by atomic mass is 32.2. The Balaban J connectivity index is 1.80. The average molecular weight is 373 g/mol.